The first kappa shape index (κ1) is 34.6. The maximum Gasteiger partial charge on any atom is 0.330 e. The van der Waals surface area contributed by atoms with Crippen LogP contribution in [-0.2, 0) is 16.0 Å². The van der Waals surface area contributed by atoms with Crippen LogP contribution in [0.4, 0.5) is 0 Å². The molecule has 0 heterocycles. The molecule has 0 unspecified atom stereocenters. The lowest BCUT2D eigenvalue weighted by molar-refractivity contribution is -0.137. The Morgan fingerprint density at radius 3 is 2.19 bits per heavy atom. The minimum atomic E-state index is -0.348. The number of unbranched alkanes of at least 4 members (excludes halogenated alkanes) is 4. The third-order valence-corrected chi connectivity index (χ3v) is 6.47. The van der Waals surface area contributed by atoms with Crippen molar-refractivity contribution in [3.05, 3.63) is 113 Å². The number of hydrogen-bond acceptors (Lipinski definition) is 5. The van der Waals surface area contributed by atoms with Crippen LogP contribution < -0.4 is 9.47 Å². The Morgan fingerprint density at radius 2 is 1.56 bits per heavy atom. The molecule has 0 saturated heterocycles. The zero-order valence-electron chi connectivity index (χ0n) is 25.9. The van der Waals surface area contributed by atoms with Gasteiger partial charge in [0, 0.05) is 29.0 Å². The van der Waals surface area contributed by atoms with Gasteiger partial charge in [-0.3, -0.25) is 0 Å². The zero-order valence-corrected chi connectivity index (χ0v) is 25.9. The number of methoxy groups -OCH3 is 1. The van der Waals surface area contributed by atoms with E-state index in [4.69, 9.17) is 19.6 Å². The van der Waals surface area contributed by atoms with Crippen molar-refractivity contribution in [2.24, 2.45) is 0 Å². The highest BCUT2D eigenvalue weighted by Gasteiger charge is 2.00. The monoisotopic (exact) mass is 579 g/mol. The Kier molecular flexibility index (Phi) is 17.1. The van der Waals surface area contributed by atoms with Crippen LogP contribution in [0.1, 0.15) is 80.2 Å². The van der Waals surface area contributed by atoms with E-state index < -0.39 is 0 Å². The van der Waals surface area contributed by atoms with Gasteiger partial charge in [0.2, 0.25) is 0 Å². The maximum atomic E-state index is 10.8. The molecule has 0 saturated carbocycles. The van der Waals surface area contributed by atoms with E-state index in [1.165, 1.54) is 36.3 Å². The Bertz CT molecular complexity index is 1350. The van der Waals surface area contributed by atoms with Gasteiger partial charge in [0.1, 0.15) is 11.5 Å². The highest BCUT2D eigenvalue weighted by molar-refractivity contribution is 5.82. The summed E-state index contributed by atoms with van der Waals surface area (Å²) in [5.74, 6) is 7.56. The van der Waals surface area contributed by atoms with Crippen molar-refractivity contribution in [2.75, 3.05) is 20.3 Å². The number of carbonyl (C=O) groups is 1. The maximum absolute atomic E-state index is 10.8. The van der Waals surface area contributed by atoms with Gasteiger partial charge in [0.15, 0.2) is 0 Å². The SMILES string of the molecule is C=CC(=O)OCCCCCCOc1ccc(/C=C/C)cc1.CCCCc1ccc(C#Cc2ccc(OC)c(C=N)c2)cc1. The van der Waals surface area contributed by atoms with Crippen molar-refractivity contribution in [2.45, 2.75) is 58.8 Å². The molecule has 3 aromatic carbocycles. The van der Waals surface area contributed by atoms with E-state index in [1.54, 1.807) is 7.11 Å². The first-order valence-electron chi connectivity index (χ1n) is 15.0. The van der Waals surface area contributed by atoms with Crippen molar-refractivity contribution in [3.63, 3.8) is 0 Å². The molecule has 0 aliphatic heterocycles. The second kappa shape index (κ2) is 21.2. The van der Waals surface area contributed by atoms with Gasteiger partial charge in [-0.1, -0.05) is 68.2 Å². The van der Waals surface area contributed by atoms with Gasteiger partial charge < -0.3 is 19.6 Å². The highest BCUT2D eigenvalue weighted by Crippen LogP contribution is 2.18. The number of ether oxygens (including phenoxy) is 3. The fourth-order valence-corrected chi connectivity index (χ4v) is 4.05. The number of hydrogen-bond donors (Lipinski definition) is 1. The zero-order chi connectivity index (χ0) is 31.1. The summed E-state index contributed by atoms with van der Waals surface area (Å²) < 4.78 is 15.8. The predicted octanol–water partition coefficient (Wildman–Crippen LogP) is 8.82. The summed E-state index contributed by atoms with van der Waals surface area (Å²) in [4.78, 5) is 10.8. The molecule has 0 radical (unpaired) electrons. The lowest BCUT2D eigenvalue weighted by Crippen LogP contribution is -2.02. The molecule has 5 nitrogen and oxygen atoms in total. The standard InChI is InChI=1S/C20H21NO.C18H24O3/c1-3-4-5-16-6-8-17(9-7-16)10-11-18-12-13-20(22-2)19(14-18)15-21;1-3-9-16-10-12-17(13-11-16)20-14-7-5-6-8-15-21-18(19)4-2/h6-9,12-15,21H,3-5H2,1-2H3;3-4,9-13H,2,5-8,14-15H2,1H3/b;9-3+. The summed E-state index contributed by atoms with van der Waals surface area (Å²) in [6, 6.07) is 22.1. The van der Waals surface area contributed by atoms with Gasteiger partial charge in [-0.2, -0.15) is 0 Å². The molecular formula is C38H45NO4. The molecule has 0 bridgehead atoms. The average molecular weight is 580 g/mol. The molecule has 0 amide bonds. The number of nitrogens with one attached hydrogen (secondary N) is 1. The summed E-state index contributed by atoms with van der Waals surface area (Å²) in [7, 11) is 1.60. The van der Waals surface area contributed by atoms with E-state index in [2.05, 4.69) is 55.7 Å². The molecule has 0 aliphatic carbocycles. The molecule has 0 spiro atoms. The molecule has 0 atom stereocenters. The first-order valence-corrected chi connectivity index (χ1v) is 15.0. The second-order valence-electron chi connectivity index (χ2n) is 9.85. The van der Waals surface area contributed by atoms with E-state index in [-0.39, 0.29) is 5.97 Å². The van der Waals surface area contributed by atoms with E-state index in [1.807, 2.05) is 55.5 Å². The van der Waals surface area contributed by atoms with Crippen molar-refractivity contribution >= 4 is 18.3 Å². The Balaban J connectivity index is 0.000000301. The second-order valence-corrected chi connectivity index (χ2v) is 9.85. The average Bonchev–Trinajstić information content (AvgIpc) is 3.05. The molecule has 3 aromatic rings. The van der Waals surface area contributed by atoms with Gasteiger partial charge in [-0.25, -0.2) is 4.79 Å². The van der Waals surface area contributed by atoms with Gasteiger partial charge in [-0.05, 0) is 99.0 Å². The number of allylic oxidation sites excluding steroid dienone is 1. The molecule has 5 heteroatoms. The molecule has 3 rings (SSSR count). The van der Waals surface area contributed by atoms with Crippen molar-refractivity contribution < 1.29 is 19.0 Å². The van der Waals surface area contributed by atoms with Crippen LogP contribution in [0.15, 0.2) is 85.5 Å². The first-order chi connectivity index (χ1) is 21.0. The summed E-state index contributed by atoms with van der Waals surface area (Å²) >= 11 is 0. The third-order valence-electron chi connectivity index (χ3n) is 6.47. The molecule has 0 aliphatic rings. The van der Waals surface area contributed by atoms with Crippen LogP contribution in [0.5, 0.6) is 11.5 Å². The number of carbonyl (C=O) groups excluding carboxylic acids is 1. The number of esters is 1. The van der Waals surface area contributed by atoms with Crippen molar-refractivity contribution in [3.8, 4) is 23.3 Å². The predicted molar refractivity (Wildman–Crippen MR) is 178 cm³/mol. The fourth-order valence-electron chi connectivity index (χ4n) is 4.05. The molecule has 226 valence electrons. The molecule has 43 heavy (non-hydrogen) atoms. The topological polar surface area (TPSA) is 68.6 Å². The minimum Gasteiger partial charge on any atom is -0.496 e. The number of benzene rings is 3. The van der Waals surface area contributed by atoms with Crippen LogP contribution in [0.2, 0.25) is 0 Å². The van der Waals surface area contributed by atoms with Gasteiger partial charge >= 0.3 is 5.97 Å². The van der Waals surface area contributed by atoms with E-state index in [0.29, 0.717) is 12.4 Å². The van der Waals surface area contributed by atoms with Crippen LogP contribution in [-0.4, -0.2) is 32.5 Å². The normalized spacial score (nSPS) is 10.1. The molecule has 0 aromatic heterocycles. The van der Waals surface area contributed by atoms with Crippen LogP contribution >= 0.6 is 0 Å². The molecule has 0 fully saturated rings. The minimum absolute atomic E-state index is 0.348. The number of aryl methyl sites for hydroxylation is 1. The quantitative estimate of drug-likeness (QED) is 0.0642. The van der Waals surface area contributed by atoms with Crippen molar-refractivity contribution in [1.82, 2.24) is 0 Å². The smallest absolute Gasteiger partial charge is 0.330 e. The van der Waals surface area contributed by atoms with E-state index in [9.17, 15) is 4.79 Å². The van der Waals surface area contributed by atoms with E-state index in [0.717, 1.165) is 61.2 Å². The fraction of sp³-hybridized carbons (Fsp3) is 0.316. The van der Waals surface area contributed by atoms with Crippen LogP contribution in [0.3, 0.4) is 0 Å². The summed E-state index contributed by atoms with van der Waals surface area (Å²) in [6.07, 6.45) is 14.1. The van der Waals surface area contributed by atoms with E-state index >= 15 is 0 Å². The highest BCUT2D eigenvalue weighted by atomic mass is 16.5. The number of rotatable bonds is 15. The Morgan fingerprint density at radius 1 is 0.884 bits per heavy atom. The molecular weight excluding hydrogens is 534 g/mol. The van der Waals surface area contributed by atoms with Gasteiger partial charge in [0.25, 0.3) is 0 Å². The summed E-state index contributed by atoms with van der Waals surface area (Å²) in [5.41, 5.74) is 5.17. The van der Waals surface area contributed by atoms with Crippen LogP contribution in [0, 0.1) is 17.3 Å². The summed E-state index contributed by atoms with van der Waals surface area (Å²) in [6.45, 7) is 8.75. The van der Waals surface area contributed by atoms with Gasteiger partial charge in [0.05, 0.1) is 20.3 Å². The molecule has 1 N–H and O–H groups in total. The van der Waals surface area contributed by atoms with Crippen molar-refractivity contribution in [1.29, 1.82) is 5.41 Å². The Hall–Kier alpha value is -4.56. The van der Waals surface area contributed by atoms with Gasteiger partial charge in [-0.15, -0.1) is 0 Å². The van der Waals surface area contributed by atoms with Crippen LogP contribution in [0.25, 0.3) is 6.08 Å². The summed E-state index contributed by atoms with van der Waals surface area (Å²) in [5, 5.41) is 7.41. The Labute approximate surface area is 258 Å². The lowest BCUT2D eigenvalue weighted by atomic mass is 10.1. The largest absolute Gasteiger partial charge is 0.496 e. The third kappa shape index (κ3) is 14.3. The lowest BCUT2D eigenvalue weighted by Gasteiger charge is -2.06.